The first-order valence-electron chi connectivity index (χ1n) is 6.39. The van der Waals surface area contributed by atoms with E-state index in [1.807, 2.05) is 55.6 Å². The molecule has 100 valence electrons. The van der Waals surface area contributed by atoms with Crippen LogP contribution in [0.15, 0.2) is 41.8 Å². The average molecular weight is 274 g/mol. The van der Waals surface area contributed by atoms with Crippen LogP contribution in [-0.2, 0) is 0 Å². The van der Waals surface area contributed by atoms with Crippen LogP contribution in [0.1, 0.15) is 35.1 Å². The van der Waals surface area contributed by atoms with Crippen LogP contribution in [0, 0.1) is 0 Å². The monoisotopic (exact) mass is 274 g/mol. The van der Waals surface area contributed by atoms with Gasteiger partial charge in [-0.3, -0.25) is 4.79 Å². The van der Waals surface area contributed by atoms with Crippen LogP contribution in [0.4, 0.5) is 5.69 Å². The van der Waals surface area contributed by atoms with Gasteiger partial charge in [0.05, 0.1) is 11.6 Å². The summed E-state index contributed by atoms with van der Waals surface area (Å²) in [6, 6.07) is 11.6. The maximum absolute atomic E-state index is 12.3. The van der Waals surface area contributed by atoms with E-state index in [-0.39, 0.29) is 11.9 Å². The molecule has 1 aromatic heterocycles. The molecule has 0 radical (unpaired) electrons. The number of carbonyl (C=O) groups excluding carboxylic acids is 1. The SMILES string of the molecule is CCNc1ccccc1C(=O)NC(C)c1cccs1. The van der Waals surface area contributed by atoms with E-state index in [0.717, 1.165) is 17.1 Å². The molecular weight excluding hydrogens is 256 g/mol. The molecule has 1 atom stereocenters. The average Bonchev–Trinajstić information content (AvgIpc) is 2.93. The fourth-order valence-electron chi connectivity index (χ4n) is 1.91. The predicted molar refractivity (Wildman–Crippen MR) is 80.8 cm³/mol. The Morgan fingerprint density at radius 1 is 1.26 bits per heavy atom. The Kier molecular flexibility index (Phi) is 4.58. The summed E-state index contributed by atoms with van der Waals surface area (Å²) in [6.45, 7) is 4.81. The highest BCUT2D eigenvalue weighted by atomic mass is 32.1. The maximum Gasteiger partial charge on any atom is 0.253 e. The van der Waals surface area contributed by atoms with Crippen molar-refractivity contribution in [1.82, 2.24) is 5.32 Å². The van der Waals surface area contributed by atoms with Crippen molar-refractivity contribution in [2.75, 3.05) is 11.9 Å². The first-order valence-corrected chi connectivity index (χ1v) is 7.27. The van der Waals surface area contributed by atoms with Crippen LogP contribution in [0.3, 0.4) is 0 Å². The molecule has 2 aromatic rings. The van der Waals surface area contributed by atoms with E-state index in [9.17, 15) is 4.79 Å². The standard InChI is InChI=1S/C15H18N2OS/c1-3-16-13-8-5-4-7-12(13)15(18)17-11(2)14-9-6-10-19-14/h4-11,16H,3H2,1-2H3,(H,17,18). The lowest BCUT2D eigenvalue weighted by Crippen LogP contribution is -2.26. The minimum atomic E-state index is -0.0440. The fraction of sp³-hybridized carbons (Fsp3) is 0.267. The summed E-state index contributed by atoms with van der Waals surface area (Å²) in [7, 11) is 0. The lowest BCUT2D eigenvalue weighted by atomic mass is 10.1. The van der Waals surface area contributed by atoms with Gasteiger partial charge in [-0.05, 0) is 37.4 Å². The van der Waals surface area contributed by atoms with E-state index in [4.69, 9.17) is 0 Å². The van der Waals surface area contributed by atoms with Crippen LogP contribution < -0.4 is 10.6 Å². The Hall–Kier alpha value is -1.81. The molecule has 1 heterocycles. The maximum atomic E-state index is 12.3. The molecule has 0 saturated heterocycles. The molecule has 0 aliphatic carbocycles. The topological polar surface area (TPSA) is 41.1 Å². The van der Waals surface area contributed by atoms with Crippen LogP contribution in [-0.4, -0.2) is 12.5 Å². The van der Waals surface area contributed by atoms with Gasteiger partial charge in [-0.1, -0.05) is 18.2 Å². The number of hydrogen-bond donors (Lipinski definition) is 2. The molecule has 0 spiro atoms. The molecule has 0 aliphatic rings. The van der Waals surface area contributed by atoms with Gasteiger partial charge in [0.2, 0.25) is 0 Å². The van der Waals surface area contributed by atoms with Crippen LogP contribution >= 0.6 is 11.3 Å². The van der Waals surface area contributed by atoms with Crippen molar-refractivity contribution < 1.29 is 4.79 Å². The molecule has 1 amide bonds. The van der Waals surface area contributed by atoms with E-state index in [0.29, 0.717) is 5.56 Å². The van der Waals surface area contributed by atoms with Gasteiger partial charge in [0.1, 0.15) is 0 Å². The smallest absolute Gasteiger partial charge is 0.253 e. The van der Waals surface area contributed by atoms with E-state index in [2.05, 4.69) is 10.6 Å². The van der Waals surface area contributed by atoms with Crippen molar-refractivity contribution in [3.63, 3.8) is 0 Å². The highest BCUT2D eigenvalue weighted by Gasteiger charge is 2.14. The summed E-state index contributed by atoms with van der Waals surface area (Å²) in [5, 5.41) is 8.25. The molecule has 19 heavy (non-hydrogen) atoms. The molecule has 2 N–H and O–H groups in total. The Balaban J connectivity index is 2.11. The highest BCUT2D eigenvalue weighted by molar-refractivity contribution is 7.10. The lowest BCUT2D eigenvalue weighted by Gasteiger charge is -2.15. The molecule has 3 nitrogen and oxygen atoms in total. The second-order valence-corrected chi connectivity index (χ2v) is 5.27. The first-order chi connectivity index (χ1) is 9.22. The number of carbonyl (C=O) groups is 1. The van der Waals surface area contributed by atoms with Crippen LogP contribution in [0.5, 0.6) is 0 Å². The van der Waals surface area contributed by atoms with E-state index in [1.54, 1.807) is 11.3 Å². The molecule has 4 heteroatoms. The third-order valence-corrected chi connectivity index (χ3v) is 3.91. The Morgan fingerprint density at radius 2 is 2.05 bits per heavy atom. The van der Waals surface area contributed by atoms with Crippen molar-refractivity contribution in [1.29, 1.82) is 0 Å². The molecule has 2 rings (SSSR count). The third kappa shape index (κ3) is 3.35. The molecule has 1 unspecified atom stereocenters. The summed E-state index contributed by atoms with van der Waals surface area (Å²) in [5.74, 6) is -0.0440. The largest absolute Gasteiger partial charge is 0.385 e. The Bertz CT molecular complexity index is 537. The van der Waals surface area contributed by atoms with Crippen molar-refractivity contribution in [2.24, 2.45) is 0 Å². The zero-order valence-corrected chi connectivity index (χ0v) is 12.0. The first kappa shape index (κ1) is 13.6. The number of nitrogens with one attached hydrogen (secondary N) is 2. The number of anilines is 1. The zero-order chi connectivity index (χ0) is 13.7. The van der Waals surface area contributed by atoms with Gasteiger partial charge in [-0.2, -0.15) is 0 Å². The second-order valence-electron chi connectivity index (χ2n) is 4.29. The van der Waals surface area contributed by atoms with Gasteiger partial charge in [-0.25, -0.2) is 0 Å². The summed E-state index contributed by atoms with van der Waals surface area (Å²) < 4.78 is 0. The normalized spacial score (nSPS) is 11.9. The minimum absolute atomic E-state index is 0.0298. The molecule has 1 aromatic carbocycles. The summed E-state index contributed by atoms with van der Waals surface area (Å²) >= 11 is 1.65. The van der Waals surface area contributed by atoms with Gasteiger partial charge in [-0.15, -0.1) is 11.3 Å². The number of rotatable bonds is 5. The molecule has 0 fully saturated rings. The summed E-state index contributed by atoms with van der Waals surface area (Å²) in [4.78, 5) is 13.5. The van der Waals surface area contributed by atoms with Gasteiger partial charge in [0.25, 0.3) is 5.91 Å². The van der Waals surface area contributed by atoms with Crippen molar-refractivity contribution in [3.05, 3.63) is 52.2 Å². The second kappa shape index (κ2) is 6.38. The third-order valence-electron chi connectivity index (χ3n) is 2.86. The predicted octanol–water partition coefficient (Wildman–Crippen LogP) is 3.67. The molecular formula is C15H18N2OS. The fourth-order valence-corrected chi connectivity index (χ4v) is 2.64. The van der Waals surface area contributed by atoms with Crippen LogP contribution in [0.25, 0.3) is 0 Å². The number of amides is 1. The highest BCUT2D eigenvalue weighted by Crippen LogP contribution is 2.20. The number of benzene rings is 1. The van der Waals surface area contributed by atoms with Crippen molar-refractivity contribution in [3.8, 4) is 0 Å². The van der Waals surface area contributed by atoms with Gasteiger partial charge >= 0.3 is 0 Å². The number of para-hydroxylation sites is 1. The van der Waals surface area contributed by atoms with E-state index < -0.39 is 0 Å². The minimum Gasteiger partial charge on any atom is -0.385 e. The summed E-state index contributed by atoms with van der Waals surface area (Å²) in [5.41, 5.74) is 1.56. The molecule has 0 saturated carbocycles. The van der Waals surface area contributed by atoms with Crippen molar-refractivity contribution in [2.45, 2.75) is 19.9 Å². The number of hydrogen-bond acceptors (Lipinski definition) is 3. The molecule has 0 aliphatic heterocycles. The van der Waals surface area contributed by atoms with E-state index >= 15 is 0 Å². The quantitative estimate of drug-likeness (QED) is 0.873. The van der Waals surface area contributed by atoms with Crippen LogP contribution in [0.2, 0.25) is 0 Å². The van der Waals surface area contributed by atoms with Gasteiger partial charge in [0, 0.05) is 17.1 Å². The molecule has 0 bridgehead atoms. The zero-order valence-electron chi connectivity index (χ0n) is 11.1. The van der Waals surface area contributed by atoms with E-state index in [1.165, 1.54) is 0 Å². The Labute approximate surface area is 117 Å². The summed E-state index contributed by atoms with van der Waals surface area (Å²) in [6.07, 6.45) is 0. The Morgan fingerprint density at radius 3 is 2.74 bits per heavy atom. The lowest BCUT2D eigenvalue weighted by molar-refractivity contribution is 0.0941. The van der Waals surface area contributed by atoms with Gasteiger partial charge < -0.3 is 10.6 Å². The van der Waals surface area contributed by atoms with Gasteiger partial charge in [0.15, 0.2) is 0 Å². The number of thiophene rings is 1. The van der Waals surface area contributed by atoms with Crippen molar-refractivity contribution >= 4 is 22.9 Å².